The summed E-state index contributed by atoms with van der Waals surface area (Å²) < 4.78 is 12.1. The van der Waals surface area contributed by atoms with E-state index in [1.807, 2.05) is 13.0 Å². The van der Waals surface area contributed by atoms with Gasteiger partial charge in [0.05, 0.1) is 18.7 Å². The number of aryl methyl sites for hydroxylation is 1. The van der Waals surface area contributed by atoms with E-state index >= 15 is 0 Å². The molecule has 0 unspecified atom stereocenters. The molecule has 152 valence electrons. The van der Waals surface area contributed by atoms with E-state index in [1.54, 1.807) is 25.4 Å². The van der Waals surface area contributed by atoms with Gasteiger partial charge in [-0.15, -0.1) is 0 Å². The number of hydrogen-bond acceptors (Lipinski definition) is 7. The first-order valence-corrected chi connectivity index (χ1v) is 9.48. The summed E-state index contributed by atoms with van der Waals surface area (Å²) in [6.45, 7) is 3.46. The predicted molar refractivity (Wildman–Crippen MR) is 109 cm³/mol. The third kappa shape index (κ3) is 3.67. The van der Waals surface area contributed by atoms with Crippen LogP contribution in [0.4, 0.5) is 5.82 Å². The van der Waals surface area contributed by atoms with Crippen molar-refractivity contribution < 1.29 is 9.47 Å². The van der Waals surface area contributed by atoms with Crippen LogP contribution in [-0.4, -0.2) is 45.8 Å². The van der Waals surface area contributed by atoms with Gasteiger partial charge in [-0.05, 0) is 24.6 Å². The zero-order valence-electron chi connectivity index (χ0n) is 16.6. The zero-order valence-corrected chi connectivity index (χ0v) is 16.6. The Labute approximate surface area is 166 Å². The fourth-order valence-electron chi connectivity index (χ4n) is 3.58. The van der Waals surface area contributed by atoms with Gasteiger partial charge in [0.2, 0.25) is 5.88 Å². The van der Waals surface area contributed by atoms with E-state index in [2.05, 4.69) is 19.9 Å². The molecule has 0 spiro atoms. The highest BCUT2D eigenvalue weighted by Gasteiger charge is 2.23. The number of aromatic amines is 1. The van der Waals surface area contributed by atoms with Gasteiger partial charge in [-0.1, -0.05) is 0 Å². The van der Waals surface area contributed by atoms with Gasteiger partial charge in [-0.2, -0.15) is 0 Å². The van der Waals surface area contributed by atoms with Crippen LogP contribution in [0.15, 0.2) is 34.0 Å². The average Bonchev–Trinajstić information content (AvgIpc) is 2.74. The monoisotopic (exact) mass is 397 g/mol. The van der Waals surface area contributed by atoms with Crippen LogP contribution < -0.4 is 25.6 Å². The molecule has 4 heterocycles. The van der Waals surface area contributed by atoms with Crippen LogP contribution in [0, 0.1) is 6.92 Å². The van der Waals surface area contributed by atoms with Crippen molar-refractivity contribution in [2.75, 3.05) is 25.1 Å². The van der Waals surface area contributed by atoms with E-state index in [-0.39, 0.29) is 11.7 Å². The maximum absolute atomic E-state index is 12.3. The third-order valence-electron chi connectivity index (χ3n) is 5.21. The number of nitrogens with one attached hydrogen (secondary N) is 1. The van der Waals surface area contributed by atoms with Crippen LogP contribution in [0.3, 0.4) is 0 Å². The molecule has 29 heavy (non-hydrogen) atoms. The van der Waals surface area contributed by atoms with E-state index in [9.17, 15) is 9.59 Å². The molecule has 0 saturated carbocycles. The molecular formula is C20H23N5O4. The van der Waals surface area contributed by atoms with Gasteiger partial charge >= 0.3 is 5.69 Å². The van der Waals surface area contributed by atoms with Crippen LogP contribution in [0.1, 0.15) is 18.4 Å². The van der Waals surface area contributed by atoms with Crippen molar-refractivity contribution in [3.05, 3.63) is 50.8 Å². The van der Waals surface area contributed by atoms with Crippen molar-refractivity contribution in [3.8, 4) is 11.6 Å². The molecule has 1 N–H and O–H groups in total. The molecule has 3 aromatic rings. The fraction of sp³-hybridized carbons (Fsp3) is 0.400. The Hall–Kier alpha value is -3.36. The number of fused-ring (bicyclic) bond motifs is 1. The Kier molecular flexibility index (Phi) is 4.96. The standard InChI is InChI=1S/C20H23N5O4/c1-12-10-15-17(23-20(27)24(2)19(15)26)22-18(12)25-8-6-13(7-9-25)29-14-4-5-16(28-3)21-11-14/h4-5,10-11,13H,6-9H2,1-3H3,(H,22,23,27). The van der Waals surface area contributed by atoms with Gasteiger partial charge in [-0.25, -0.2) is 14.8 Å². The lowest BCUT2D eigenvalue weighted by molar-refractivity contribution is 0.170. The quantitative estimate of drug-likeness (QED) is 0.709. The first-order valence-electron chi connectivity index (χ1n) is 9.48. The van der Waals surface area contributed by atoms with E-state index in [0.717, 1.165) is 47.6 Å². The highest BCUT2D eigenvalue weighted by atomic mass is 16.5. The molecule has 0 bridgehead atoms. The van der Waals surface area contributed by atoms with Crippen LogP contribution in [-0.2, 0) is 7.05 Å². The number of hydrogen-bond donors (Lipinski definition) is 1. The molecule has 0 aliphatic carbocycles. The molecule has 0 radical (unpaired) electrons. The molecule has 1 aliphatic heterocycles. The molecule has 3 aromatic heterocycles. The van der Waals surface area contributed by atoms with Crippen LogP contribution >= 0.6 is 0 Å². The lowest BCUT2D eigenvalue weighted by Crippen LogP contribution is -2.39. The molecule has 0 atom stereocenters. The van der Waals surface area contributed by atoms with Crippen molar-refractivity contribution in [1.29, 1.82) is 0 Å². The first-order chi connectivity index (χ1) is 14.0. The summed E-state index contributed by atoms with van der Waals surface area (Å²) in [4.78, 5) is 37.8. The lowest BCUT2D eigenvalue weighted by Gasteiger charge is -2.33. The third-order valence-corrected chi connectivity index (χ3v) is 5.21. The summed E-state index contributed by atoms with van der Waals surface area (Å²) >= 11 is 0. The van der Waals surface area contributed by atoms with Gasteiger partial charge in [0.25, 0.3) is 5.56 Å². The summed E-state index contributed by atoms with van der Waals surface area (Å²) in [5.41, 5.74) is 0.415. The summed E-state index contributed by atoms with van der Waals surface area (Å²) in [5.74, 6) is 2.06. The Bertz CT molecular complexity index is 1140. The Morgan fingerprint density at radius 1 is 1.21 bits per heavy atom. The first kappa shape index (κ1) is 19.0. The van der Waals surface area contributed by atoms with E-state index in [4.69, 9.17) is 9.47 Å². The summed E-state index contributed by atoms with van der Waals surface area (Å²) in [6.07, 6.45) is 3.42. The van der Waals surface area contributed by atoms with Gasteiger partial charge in [0, 0.05) is 39.0 Å². The summed E-state index contributed by atoms with van der Waals surface area (Å²) in [5, 5.41) is 0.415. The molecule has 0 aromatic carbocycles. The van der Waals surface area contributed by atoms with Crippen molar-refractivity contribution >= 4 is 16.9 Å². The van der Waals surface area contributed by atoms with Gasteiger partial charge in [0.15, 0.2) is 0 Å². The smallest absolute Gasteiger partial charge is 0.329 e. The number of pyridine rings is 2. The van der Waals surface area contributed by atoms with Crippen molar-refractivity contribution in [2.24, 2.45) is 7.05 Å². The van der Waals surface area contributed by atoms with Crippen molar-refractivity contribution in [2.45, 2.75) is 25.9 Å². The SMILES string of the molecule is COc1ccc(OC2CCN(c3nc4[nH]c(=O)n(C)c(=O)c4cc3C)CC2)cn1. The summed E-state index contributed by atoms with van der Waals surface area (Å²) in [6, 6.07) is 5.42. The van der Waals surface area contributed by atoms with Crippen LogP contribution in [0.25, 0.3) is 11.0 Å². The van der Waals surface area contributed by atoms with E-state index in [0.29, 0.717) is 16.9 Å². The van der Waals surface area contributed by atoms with Crippen LogP contribution in [0.5, 0.6) is 11.6 Å². The Morgan fingerprint density at radius 2 is 1.97 bits per heavy atom. The van der Waals surface area contributed by atoms with Crippen molar-refractivity contribution in [1.82, 2.24) is 19.5 Å². The lowest BCUT2D eigenvalue weighted by atomic mass is 10.1. The fourth-order valence-corrected chi connectivity index (χ4v) is 3.58. The molecular weight excluding hydrogens is 374 g/mol. The van der Waals surface area contributed by atoms with E-state index < -0.39 is 5.69 Å². The average molecular weight is 397 g/mol. The minimum absolute atomic E-state index is 0.0920. The maximum Gasteiger partial charge on any atom is 0.329 e. The summed E-state index contributed by atoms with van der Waals surface area (Å²) in [7, 11) is 3.03. The van der Waals surface area contributed by atoms with Gasteiger partial charge in [0.1, 0.15) is 23.3 Å². The number of ether oxygens (including phenoxy) is 2. The molecule has 1 aliphatic rings. The van der Waals surface area contributed by atoms with Crippen molar-refractivity contribution in [3.63, 3.8) is 0 Å². The van der Waals surface area contributed by atoms with Gasteiger partial charge < -0.3 is 14.4 Å². The normalized spacial score (nSPS) is 14.9. The van der Waals surface area contributed by atoms with E-state index in [1.165, 1.54) is 7.05 Å². The number of H-pyrrole nitrogens is 1. The number of anilines is 1. The number of methoxy groups -OCH3 is 1. The van der Waals surface area contributed by atoms with Gasteiger partial charge in [-0.3, -0.25) is 14.3 Å². The number of rotatable bonds is 4. The number of piperidine rings is 1. The maximum atomic E-state index is 12.3. The Balaban J connectivity index is 1.50. The topological polar surface area (TPSA) is 102 Å². The minimum atomic E-state index is -0.468. The second kappa shape index (κ2) is 7.57. The number of nitrogens with zero attached hydrogens (tertiary/aromatic N) is 4. The molecule has 1 saturated heterocycles. The minimum Gasteiger partial charge on any atom is -0.489 e. The molecule has 9 nitrogen and oxygen atoms in total. The largest absolute Gasteiger partial charge is 0.489 e. The second-order valence-electron chi connectivity index (χ2n) is 7.16. The zero-order chi connectivity index (χ0) is 20.5. The molecule has 9 heteroatoms. The molecule has 4 rings (SSSR count). The Morgan fingerprint density at radius 3 is 2.62 bits per heavy atom. The molecule has 1 fully saturated rings. The highest BCUT2D eigenvalue weighted by molar-refractivity contribution is 5.77. The second-order valence-corrected chi connectivity index (χ2v) is 7.16. The molecule has 0 amide bonds. The predicted octanol–water partition coefficient (Wildman–Crippen LogP) is 1.38. The number of aromatic nitrogens is 4. The highest BCUT2D eigenvalue weighted by Crippen LogP contribution is 2.25. The van der Waals surface area contributed by atoms with Crippen LogP contribution in [0.2, 0.25) is 0 Å².